The number of phenols is 1. The van der Waals surface area contributed by atoms with Crippen molar-refractivity contribution in [2.45, 2.75) is 40.2 Å². The summed E-state index contributed by atoms with van der Waals surface area (Å²) >= 11 is 0. The molecule has 0 unspecified atom stereocenters. The van der Waals surface area contributed by atoms with Gasteiger partial charge in [-0.1, -0.05) is 13.8 Å². The number of quaternary nitrogens is 1. The van der Waals surface area contributed by atoms with Gasteiger partial charge in [0.25, 0.3) is 0 Å². The fourth-order valence-electron chi connectivity index (χ4n) is 3.14. The third kappa shape index (κ3) is 5.41. The molecule has 3 N–H and O–H groups in total. The van der Waals surface area contributed by atoms with E-state index in [2.05, 4.69) is 19.2 Å². The molecule has 0 aliphatic carbocycles. The van der Waals surface area contributed by atoms with Crippen LogP contribution in [0.25, 0.3) is 0 Å². The quantitative estimate of drug-likeness (QED) is 0.705. The SMILES string of the molecule is CCOc1cc(C[NH+]2CCC(C(=O)NCC(C)C)CC2)ccc1O. The van der Waals surface area contributed by atoms with E-state index >= 15 is 0 Å². The van der Waals surface area contributed by atoms with Crippen molar-refractivity contribution in [3.63, 3.8) is 0 Å². The molecule has 1 aromatic carbocycles. The molecular formula is C19H31N2O3+. The highest BCUT2D eigenvalue weighted by Crippen LogP contribution is 2.26. The number of phenolic OH excluding ortho intramolecular Hbond substituents is 1. The number of ether oxygens (including phenoxy) is 1. The largest absolute Gasteiger partial charge is 0.504 e. The molecule has 0 spiro atoms. The van der Waals surface area contributed by atoms with Crippen LogP contribution in [0.2, 0.25) is 0 Å². The van der Waals surface area contributed by atoms with Gasteiger partial charge >= 0.3 is 0 Å². The average Bonchev–Trinajstić information content (AvgIpc) is 2.56. The second-order valence-corrected chi connectivity index (χ2v) is 7.08. The monoisotopic (exact) mass is 335 g/mol. The van der Waals surface area contributed by atoms with E-state index in [4.69, 9.17) is 4.74 Å². The molecule has 24 heavy (non-hydrogen) atoms. The predicted molar refractivity (Wildman–Crippen MR) is 94.2 cm³/mol. The van der Waals surface area contributed by atoms with E-state index in [0.717, 1.165) is 44.6 Å². The lowest BCUT2D eigenvalue weighted by Crippen LogP contribution is -3.11. The zero-order chi connectivity index (χ0) is 17.5. The van der Waals surface area contributed by atoms with Crippen molar-refractivity contribution in [2.75, 3.05) is 26.2 Å². The van der Waals surface area contributed by atoms with Crippen LogP contribution in [0.1, 0.15) is 39.2 Å². The number of rotatable bonds is 7. The first-order valence-corrected chi connectivity index (χ1v) is 9.05. The standard InChI is InChI=1S/C19H30N2O3/c1-4-24-18-11-15(5-6-17(18)22)13-21-9-7-16(8-10-21)19(23)20-12-14(2)3/h5-6,11,14,16,22H,4,7-10,12-13H2,1-3H3,(H,20,23)/p+1. The topological polar surface area (TPSA) is 63.0 Å². The van der Waals surface area contributed by atoms with Gasteiger partial charge in [0.15, 0.2) is 11.5 Å². The maximum atomic E-state index is 12.2. The van der Waals surface area contributed by atoms with Crippen LogP contribution >= 0.6 is 0 Å². The molecule has 5 nitrogen and oxygen atoms in total. The number of aromatic hydroxyl groups is 1. The predicted octanol–water partition coefficient (Wildman–Crippen LogP) is 1.36. The number of benzene rings is 1. The molecule has 134 valence electrons. The van der Waals surface area contributed by atoms with Gasteiger partial charge in [-0.2, -0.15) is 0 Å². The average molecular weight is 335 g/mol. The minimum absolute atomic E-state index is 0.159. The van der Waals surface area contributed by atoms with Gasteiger partial charge in [0, 0.05) is 30.9 Å². The van der Waals surface area contributed by atoms with E-state index in [1.165, 1.54) is 4.90 Å². The molecule has 0 saturated carbocycles. The lowest BCUT2D eigenvalue weighted by atomic mass is 9.95. The second kappa shape index (κ2) is 8.92. The zero-order valence-electron chi connectivity index (χ0n) is 15.1. The van der Waals surface area contributed by atoms with Crippen molar-refractivity contribution >= 4 is 5.91 Å². The van der Waals surface area contributed by atoms with Crippen molar-refractivity contribution in [2.24, 2.45) is 11.8 Å². The minimum Gasteiger partial charge on any atom is -0.504 e. The Morgan fingerprint density at radius 1 is 1.38 bits per heavy atom. The number of piperidine rings is 1. The van der Waals surface area contributed by atoms with Crippen molar-refractivity contribution in [1.29, 1.82) is 0 Å². The highest BCUT2D eigenvalue weighted by atomic mass is 16.5. The highest BCUT2D eigenvalue weighted by Gasteiger charge is 2.27. The fourth-order valence-corrected chi connectivity index (χ4v) is 3.14. The van der Waals surface area contributed by atoms with Gasteiger partial charge in [0.05, 0.1) is 19.7 Å². The lowest BCUT2D eigenvalue weighted by molar-refractivity contribution is -0.919. The van der Waals surface area contributed by atoms with E-state index < -0.39 is 0 Å². The van der Waals surface area contributed by atoms with Crippen LogP contribution in [0, 0.1) is 11.8 Å². The van der Waals surface area contributed by atoms with Crippen LogP contribution in [0.5, 0.6) is 11.5 Å². The van der Waals surface area contributed by atoms with Gasteiger partial charge in [-0.05, 0) is 31.0 Å². The van der Waals surface area contributed by atoms with Gasteiger partial charge in [-0.15, -0.1) is 0 Å². The van der Waals surface area contributed by atoms with E-state index in [1.54, 1.807) is 6.07 Å². The molecule has 0 atom stereocenters. The Balaban J connectivity index is 1.82. The summed E-state index contributed by atoms with van der Waals surface area (Å²) in [5, 5.41) is 12.8. The smallest absolute Gasteiger partial charge is 0.223 e. The first kappa shape index (κ1) is 18.6. The summed E-state index contributed by atoms with van der Waals surface area (Å²) in [4.78, 5) is 13.6. The maximum absolute atomic E-state index is 12.2. The highest BCUT2D eigenvalue weighted by molar-refractivity contribution is 5.78. The summed E-state index contributed by atoms with van der Waals surface area (Å²) in [5.41, 5.74) is 1.16. The van der Waals surface area contributed by atoms with Gasteiger partial charge < -0.3 is 20.1 Å². The molecule has 1 fully saturated rings. The Hall–Kier alpha value is -1.75. The lowest BCUT2D eigenvalue weighted by Gasteiger charge is -2.29. The Morgan fingerprint density at radius 2 is 2.08 bits per heavy atom. The van der Waals surface area contributed by atoms with Gasteiger partial charge in [0.1, 0.15) is 6.54 Å². The first-order chi connectivity index (χ1) is 11.5. The molecule has 2 rings (SSSR count). The van der Waals surface area contributed by atoms with E-state index in [9.17, 15) is 9.90 Å². The van der Waals surface area contributed by atoms with Crippen molar-refractivity contribution < 1.29 is 19.5 Å². The fraction of sp³-hybridized carbons (Fsp3) is 0.632. The Kier molecular flexibility index (Phi) is 6.91. The second-order valence-electron chi connectivity index (χ2n) is 7.08. The van der Waals surface area contributed by atoms with Crippen molar-refractivity contribution in [1.82, 2.24) is 5.32 Å². The summed E-state index contributed by atoms with van der Waals surface area (Å²) in [6, 6.07) is 5.57. The summed E-state index contributed by atoms with van der Waals surface area (Å²) in [6.07, 6.45) is 1.88. The Labute approximate surface area is 145 Å². The molecule has 0 radical (unpaired) electrons. The minimum atomic E-state index is 0.159. The summed E-state index contributed by atoms with van der Waals surface area (Å²) in [7, 11) is 0. The molecule has 0 aromatic heterocycles. The van der Waals surface area contributed by atoms with Crippen LogP contribution < -0.4 is 15.0 Å². The number of carbonyl (C=O) groups is 1. The van der Waals surface area contributed by atoms with Crippen LogP contribution in [0.15, 0.2) is 18.2 Å². The molecule has 1 aromatic rings. The molecule has 5 heteroatoms. The van der Waals surface area contributed by atoms with Crippen LogP contribution in [0.4, 0.5) is 0 Å². The first-order valence-electron chi connectivity index (χ1n) is 9.05. The van der Waals surface area contributed by atoms with Gasteiger partial charge in [-0.25, -0.2) is 0 Å². The van der Waals surface area contributed by atoms with Crippen LogP contribution in [0.3, 0.4) is 0 Å². The van der Waals surface area contributed by atoms with E-state index in [0.29, 0.717) is 18.3 Å². The molecule has 1 aliphatic rings. The summed E-state index contributed by atoms with van der Waals surface area (Å²) < 4.78 is 5.45. The zero-order valence-corrected chi connectivity index (χ0v) is 15.1. The third-order valence-corrected chi connectivity index (χ3v) is 4.53. The Morgan fingerprint density at radius 3 is 2.71 bits per heavy atom. The number of amides is 1. The van der Waals surface area contributed by atoms with Gasteiger partial charge in [0.2, 0.25) is 5.91 Å². The van der Waals surface area contributed by atoms with Gasteiger partial charge in [-0.3, -0.25) is 4.79 Å². The number of nitrogens with one attached hydrogen (secondary N) is 2. The van der Waals surface area contributed by atoms with Crippen molar-refractivity contribution in [3.05, 3.63) is 23.8 Å². The maximum Gasteiger partial charge on any atom is 0.223 e. The summed E-state index contributed by atoms with van der Waals surface area (Å²) in [5.74, 6) is 1.61. The van der Waals surface area contributed by atoms with Crippen LogP contribution in [-0.2, 0) is 11.3 Å². The molecular weight excluding hydrogens is 304 g/mol. The molecule has 1 amide bonds. The molecule has 0 bridgehead atoms. The van der Waals surface area contributed by atoms with Crippen LogP contribution in [-0.4, -0.2) is 37.3 Å². The Bertz CT molecular complexity index is 537. The van der Waals surface area contributed by atoms with Crippen molar-refractivity contribution in [3.8, 4) is 11.5 Å². The normalized spacial score (nSPS) is 20.8. The number of carbonyl (C=O) groups excluding carboxylic acids is 1. The third-order valence-electron chi connectivity index (χ3n) is 4.53. The van der Waals surface area contributed by atoms with E-state index in [-0.39, 0.29) is 17.6 Å². The van der Waals surface area contributed by atoms with E-state index in [1.807, 2.05) is 19.1 Å². The molecule has 1 aliphatic heterocycles. The number of likely N-dealkylation sites (tertiary alicyclic amines) is 1. The molecule has 1 heterocycles. The summed E-state index contributed by atoms with van der Waals surface area (Å²) in [6.45, 7) is 10.4. The number of hydrogen-bond donors (Lipinski definition) is 3. The molecule has 1 saturated heterocycles. The number of hydrogen-bond acceptors (Lipinski definition) is 3.